The third-order valence-electron chi connectivity index (χ3n) is 4.06. The highest BCUT2D eigenvalue weighted by Crippen LogP contribution is 2.27. The zero-order valence-corrected chi connectivity index (χ0v) is 13.4. The fourth-order valence-corrected chi connectivity index (χ4v) is 2.89. The summed E-state index contributed by atoms with van der Waals surface area (Å²) in [4.78, 5) is 26.0. The van der Waals surface area contributed by atoms with Crippen molar-refractivity contribution in [2.45, 2.75) is 26.3 Å². The number of benzene rings is 1. The Kier molecular flexibility index (Phi) is 4.14. The fourth-order valence-electron chi connectivity index (χ4n) is 2.89. The van der Waals surface area contributed by atoms with Crippen LogP contribution < -0.4 is 10.2 Å². The number of hydrogen-bond acceptors (Lipinski definition) is 3. The molecule has 2 heterocycles. The van der Waals surface area contributed by atoms with E-state index in [-0.39, 0.29) is 18.4 Å². The monoisotopic (exact) mass is 312 g/mol. The molecule has 0 aliphatic carbocycles. The number of amides is 2. The minimum atomic E-state index is -0.172. The molecule has 0 spiro atoms. The number of carbonyl (C=O) groups excluding carboxylic acids is 2. The van der Waals surface area contributed by atoms with Crippen LogP contribution >= 0.6 is 0 Å². The van der Waals surface area contributed by atoms with E-state index in [0.717, 1.165) is 29.1 Å². The number of aromatic nitrogens is 2. The van der Waals surface area contributed by atoms with E-state index in [1.54, 1.807) is 9.58 Å². The first kappa shape index (κ1) is 15.3. The van der Waals surface area contributed by atoms with Crippen molar-refractivity contribution in [3.05, 3.63) is 47.3 Å². The van der Waals surface area contributed by atoms with Crippen LogP contribution in [-0.4, -0.2) is 28.1 Å². The molecule has 23 heavy (non-hydrogen) atoms. The van der Waals surface area contributed by atoms with Gasteiger partial charge in [-0.2, -0.15) is 5.10 Å². The highest BCUT2D eigenvalue weighted by molar-refractivity contribution is 6.00. The molecule has 2 amide bonds. The Hall–Kier alpha value is -2.63. The summed E-state index contributed by atoms with van der Waals surface area (Å²) in [5, 5.41) is 7.11. The Bertz CT molecular complexity index is 751. The van der Waals surface area contributed by atoms with Gasteiger partial charge < -0.3 is 10.2 Å². The van der Waals surface area contributed by atoms with Gasteiger partial charge in [0.1, 0.15) is 6.54 Å². The van der Waals surface area contributed by atoms with Crippen LogP contribution in [0, 0.1) is 6.92 Å². The molecular weight excluding hydrogens is 292 g/mol. The summed E-state index contributed by atoms with van der Waals surface area (Å²) >= 11 is 0. The molecule has 0 bridgehead atoms. The number of nitrogens with one attached hydrogen (secondary N) is 1. The molecule has 1 aliphatic heterocycles. The highest BCUT2D eigenvalue weighted by atomic mass is 16.2. The average molecular weight is 312 g/mol. The molecular formula is C17H20N4O2. The minimum Gasteiger partial charge on any atom is -0.349 e. The standard InChI is InChI=1S/C17H20N4O2/c1-12-9-14(20(2)19-12)10-18-16(22)11-21-15-6-4-3-5-13(15)7-8-17(21)23/h3-6,9H,7-8,10-11H2,1-2H3,(H,18,22). The molecule has 0 unspecified atom stereocenters. The zero-order chi connectivity index (χ0) is 16.4. The molecule has 1 aromatic heterocycles. The van der Waals surface area contributed by atoms with Crippen LogP contribution in [0.4, 0.5) is 5.69 Å². The Morgan fingerprint density at radius 2 is 2.09 bits per heavy atom. The molecule has 0 saturated heterocycles. The predicted molar refractivity (Wildman–Crippen MR) is 86.9 cm³/mol. The van der Waals surface area contributed by atoms with E-state index in [0.29, 0.717) is 13.0 Å². The lowest BCUT2D eigenvalue weighted by atomic mass is 10.0. The SMILES string of the molecule is Cc1cc(CNC(=O)CN2C(=O)CCc3ccccc32)n(C)n1. The van der Waals surface area contributed by atoms with Crippen molar-refractivity contribution >= 4 is 17.5 Å². The van der Waals surface area contributed by atoms with Gasteiger partial charge in [-0.1, -0.05) is 18.2 Å². The highest BCUT2D eigenvalue weighted by Gasteiger charge is 2.25. The largest absolute Gasteiger partial charge is 0.349 e. The van der Waals surface area contributed by atoms with Crippen LogP contribution in [0.1, 0.15) is 23.4 Å². The lowest BCUT2D eigenvalue weighted by Crippen LogP contribution is -2.43. The Morgan fingerprint density at radius 1 is 1.30 bits per heavy atom. The van der Waals surface area contributed by atoms with Crippen LogP contribution in [0.25, 0.3) is 0 Å². The van der Waals surface area contributed by atoms with Crippen LogP contribution in [0.2, 0.25) is 0 Å². The van der Waals surface area contributed by atoms with E-state index >= 15 is 0 Å². The van der Waals surface area contributed by atoms with Crippen molar-refractivity contribution in [2.24, 2.45) is 7.05 Å². The molecule has 120 valence electrons. The van der Waals surface area contributed by atoms with Crippen LogP contribution in [-0.2, 0) is 29.6 Å². The summed E-state index contributed by atoms with van der Waals surface area (Å²) in [6.07, 6.45) is 1.19. The second-order valence-electron chi connectivity index (χ2n) is 5.79. The fraction of sp³-hybridized carbons (Fsp3) is 0.353. The van der Waals surface area contributed by atoms with Crippen LogP contribution in [0.3, 0.4) is 0 Å². The molecule has 3 rings (SSSR count). The van der Waals surface area contributed by atoms with E-state index in [4.69, 9.17) is 0 Å². The first-order chi connectivity index (χ1) is 11.0. The van der Waals surface area contributed by atoms with Crippen LogP contribution in [0.15, 0.2) is 30.3 Å². The summed E-state index contributed by atoms with van der Waals surface area (Å²) in [7, 11) is 1.85. The van der Waals surface area contributed by atoms with Crippen LogP contribution in [0.5, 0.6) is 0 Å². The molecule has 0 atom stereocenters. The number of rotatable bonds is 4. The molecule has 0 radical (unpaired) electrons. The van der Waals surface area contributed by atoms with Crippen molar-refractivity contribution < 1.29 is 9.59 Å². The first-order valence-electron chi connectivity index (χ1n) is 7.69. The van der Waals surface area contributed by atoms with E-state index in [1.165, 1.54) is 0 Å². The maximum absolute atomic E-state index is 12.2. The van der Waals surface area contributed by atoms with E-state index in [1.807, 2.05) is 44.3 Å². The Labute approximate surface area is 135 Å². The second-order valence-corrected chi connectivity index (χ2v) is 5.79. The van der Waals surface area contributed by atoms with E-state index < -0.39 is 0 Å². The van der Waals surface area contributed by atoms with Crippen molar-refractivity contribution in [2.75, 3.05) is 11.4 Å². The summed E-state index contributed by atoms with van der Waals surface area (Å²) in [6.45, 7) is 2.36. The molecule has 6 heteroatoms. The smallest absolute Gasteiger partial charge is 0.240 e. The summed E-state index contributed by atoms with van der Waals surface area (Å²) in [6, 6.07) is 9.68. The van der Waals surface area contributed by atoms with Gasteiger partial charge in [0.05, 0.1) is 17.9 Å². The van der Waals surface area contributed by atoms with Crippen molar-refractivity contribution in [3.8, 4) is 0 Å². The number of aryl methyl sites for hydroxylation is 3. The Morgan fingerprint density at radius 3 is 2.83 bits per heavy atom. The van der Waals surface area contributed by atoms with Gasteiger partial charge in [-0.15, -0.1) is 0 Å². The van der Waals surface area contributed by atoms with Gasteiger partial charge in [0.15, 0.2) is 0 Å². The molecule has 6 nitrogen and oxygen atoms in total. The lowest BCUT2D eigenvalue weighted by Gasteiger charge is -2.28. The molecule has 2 aromatic rings. The number of anilines is 1. The number of hydrogen-bond donors (Lipinski definition) is 1. The lowest BCUT2D eigenvalue weighted by molar-refractivity contribution is -0.124. The molecule has 0 fully saturated rings. The summed E-state index contributed by atoms with van der Waals surface area (Å²) < 4.78 is 1.75. The van der Waals surface area contributed by atoms with Gasteiger partial charge in [0.25, 0.3) is 0 Å². The number of nitrogens with zero attached hydrogens (tertiary/aromatic N) is 3. The van der Waals surface area contributed by atoms with Crippen molar-refractivity contribution in [3.63, 3.8) is 0 Å². The van der Waals surface area contributed by atoms with Gasteiger partial charge in [-0.25, -0.2) is 0 Å². The topological polar surface area (TPSA) is 67.2 Å². The van der Waals surface area contributed by atoms with Gasteiger partial charge in [0.2, 0.25) is 11.8 Å². The van der Waals surface area contributed by atoms with E-state index in [9.17, 15) is 9.59 Å². The van der Waals surface area contributed by atoms with Crippen molar-refractivity contribution in [1.82, 2.24) is 15.1 Å². The maximum Gasteiger partial charge on any atom is 0.240 e. The van der Waals surface area contributed by atoms with E-state index in [2.05, 4.69) is 10.4 Å². The maximum atomic E-state index is 12.2. The summed E-state index contributed by atoms with van der Waals surface area (Å²) in [5.74, 6) is -0.177. The van der Waals surface area contributed by atoms with Gasteiger partial charge >= 0.3 is 0 Å². The first-order valence-corrected chi connectivity index (χ1v) is 7.69. The molecule has 0 saturated carbocycles. The molecule has 1 N–H and O–H groups in total. The number of carbonyl (C=O) groups is 2. The summed E-state index contributed by atoms with van der Waals surface area (Å²) in [5.41, 5.74) is 3.80. The van der Waals surface area contributed by atoms with Gasteiger partial charge in [-0.3, -0.25) is 14.3 Å². The van der Waals surface area contributed by atoms with Gasteiger partial charge in [-0.05, 0) is 31.0 Å². The quantitative estimate of drug-likeness (QED) is 0.926. The molecule has 1 aliphatic rings. The van der Waals surface area contributed by atoms with Crippen molar-refractivity contribution in [1.29, 1.82) is 0 Å². The zero-order valence-electron chi connectivity index (χ0n) is 13.4. The Balaban J connectivity index is 1.66. The second kappa shape index (κ2) is 6.24. The third kappa shape index (κ3) is 3.26. The average Bonchev–Trinajstić information content (AvgIpc) is 2.86. The predicted octanol–water partition coefficient (Wildman–Crippen LogP) is 1.32. The third-order valence-corrected chi connectivity index (χ3v) is 4.06. The minimum absolute atomic E-state index is 0.00442. The molecule has 1 aromatic carbocycles. The number of fused-ring (bicyclic) bond motifs is 1. The number of para-hydroxylation sites is 1. The normalized spacial score (nSPS) is 13.8. The van der Waals surface area contributed by atoms with Gasteiger partial charge in [0, 0.05) is 19.2 Å².